The first kappa shape index (κ1) is 20.7. The predicted molar refractivity (Wildman–Crippen MR) is 123 cm³/mol. The smallest absolute Gasteiger partial charge is 0.268 e. The van der Waals surface area contributed by atoms with E-state index < -0.39 is 5.91 Å². The monoisotopic (exact) mass is 423 g/mol. The summed E-state index contributed by atoms with van der Waals surface area (Å²) >= 11 is 0. The lowest BCUT2D eigenvalue weighted by molar-refractivity contribution is -0.117. The maximum atomic E-state index is 12.3. The van der Waals surface area contributed by atoms with Gasteiger partial charge in [0, 0.05) is 41.4 Å². The van der Waals surface area contributed by atoms with Gasteiger partial charge in [-0.15, -0.1) is 0 Å². The number of para-hydroxylation sites is 1. The Morgan fingerprint density at radius 1 is 0.938 bits per heavy atom. The van der Waals surface area contributed by atoms with Crippen LogP contribution in [0.5, 0.6) is 0 Å². The highest BCUT2D eigenvalue weighted by atomic mass is 16.2. The molecule has 4 rings (SSSR count). The van der Waals surface area contributed by atoms with Gasteiger partial charge in [0.1, 0.15) is 5.69 Å². The zero-order valence-corrected chi connectivity index (χ0v) is 17.4. The molecule has 2 N–H and O–H groups in total. The number of aromatic nitrogens is 3. The molecule has 2 aromatic carbocycles. The molecule has 0 unspecified atom stereocenters. The number of pyridine rings is 1. The summed E-state index contributed by atoms with van der Waals surface area (Å²) in [7, 11) is 0. The Balaban J connectivity index is 1.51. The van der Waals surface area contributed by atoms with Crippen molar-refractivity contribution in [1.82, 2.24) is 25.6 Å². The van der Waals surface area contributed by atoms with Crippen molar-refractivity contribution in [2.24, 2.45) is 0 Å². The molecule has 0 atom stereocenters. The molecule has 2 amide bonds. The van der Waals surface area contributed by atoms with E-state index in [0.717, 1.165) is 22.4 Å². The Bertz CT molecular complexity index is 1250. The summed E-state index contributed by atoms with van der Waals surface area (Å²) in [6.45, 7) is 1.94. The summed E-state index contributed by atoms with van der Waals surface area (Å²) < 4.78 is 1.75. The van der Waals surface area contributed by atoms with E-state index in [9.17, 15) is 9.59 Å². The third-order valence-electron chi connectivity index (χ3n) is 4.73. The molecular weight excluding hydrogens is 402 g/mol. The number of amides is 2. The van der Waals surface area contributed by atoms with Crippen LogP contribution in [0.25, 0.3) is 23.0 Å². The van der Waals surface area contributed by atoms with Gasteiger partial charge in [0.2, 0.25) is 0 Å². The number of nitrogens with zero attached hydrogens (tertiary/aromatic N) is 3. The Morgan fingerprint density at radius 2 is 1.72 bits per heavy atom. The van der Waals surface area contributed by atoms with Crippen LogP contribution in [0.15, 0.2) is 91.4 Å². The molecule has 0 aliphatic rings. The van der Waals surface area contributed by atoms with E-state index in [1.807, 2.05) is 67.7 Å². The van der Waals surface area contributed by atoms with Crippen LogP contribution in [0.3, 0.4) is 0 Å². The van der Waals surface area contributed by atoms with E-state index in [2.05, 4.69) is 20.9 Å². The lowest BCUT2D eigenvalue weighted by Gasteiger charge is -2.05. The molecule has 7 nitrogen and oxygen atoms in total. The second-order valence-electron chi connectivity index (χ2n) is 7.10. The third kappa shape index (κ3) is 4.96. The van der Waals surface area contributed by atoms with Gasteiger partial charge in [-0.1, -0.05) is 35.9 Å². The van der Waals surface area contributed by atoms with Gasteiger partial charge in [0.05, 0.1) is 5.69 Å². The van der Waals surface area contributed by atoms with E-state index >= 15 is 0 Å². The fourth-order valence-electron chi connectivity index (χ4n) is 3.05. The van der Waals surface area contributed by atoms with Gasteiger partial charge in [-0.05, 0) is 49.4 Å². The molecule has 2 aromatic heterocycles. The van der Waals surface area contributed by atoms with E-state index in [1.54, 1.807) is 35.3 Å². The summed E-state index contributed by atoms with van der Waals surface area (Å²) in [6, 6.07) is 20.5. The quantitative estimate of drug-likeness (QED) is 0.378. The molecular formula is C25H21N5O2. The van der Waals surface area contributed by atoms with Crippen molar-refractivity contribution in [3.05, 3.63) is 108 Å². The van der Waals surface area contributed by atoms with Crippen molar-refractivity contribution in [3.8, 4) is 16.9 Å². The Labute approximate surface area is 185 Å². The maximum absolute atomic E-state index is 12.3. The molecule has 0 aliphatic heterocycles. The number of hydrogen-bond donors (Lipinski definition) is 2. The summed E-state index contributed by atoms with van der Waals surface area (Å²) in [4.78, 5) is 28.6. The lowest BCUT2D eigenvalue weighted by atomic mass is 10.1. The van der Waals surface area contributed by atoms with Crippen LogP contribution in [-0.2, 0) is 4.79 Å². The van der Waals surface area contributed by atoms with Crippen molar-refractivity contribution in [2.45, 2.75) is 6.92 Å². The van der Waals surface area contributed by atoms with Gasteiger partial charge in [-0.3, -0.25) is 25.4 Å². The highest BCUT2D eigenvalue weighted by molar-refractivity contribution is 5.98. The minimum Gasteiger partial charge on any atom is -0.268 e. The molecule has 0 saturated heterocycles. The third-order valence-corrected chi connectivity index (χ3v) is 4.73. The SMILES string of the molecule is Cc1ccc(C(=O)NNC(=O)C=Cc2cn(-c3ccccc3)nc2-c2cccnc2)cc1. The van der Waals surface area contributed by atoms with Crippen LogP contribution < -0.4 is 10.9 Å². The number of hydrazine groups is 1. The molecule has 0 saturated carbocycles. The minimum atomic E-state index is -0.463. The molecule has 7 heteroatoms. The van der Waals surface area contributed by atoms with Gasteiger partial charge in [0.15, 0.2) is 0 Å². The van der Waals surface area contributed by atoms with Crippen molar-refractivity contribution >= 4 is 17.9 Å². The fraction of sp³-hybridized carbons (Fsp3) is 0.0400. The number of hydrogen-bond acceptors (Lipinski definition) is 4. The average Bonchev–Trinajstić information content (AvgIpc) is 3.27. The van der Waals surface area contributed by atoms with Gasteiger partial charge < -0.3 is 0 Å². The lowest BCUT2D eigenvalue weighted by Crippen LogP contribution is -2.40. The van der Waals surface area contributed by atoms with Crippen molar-refractivity contribution in [3.63, 3.8) is 0 Å². The van der Waals surface area contributed by atoms with Crippen LogP contribution in [0.4, 0.5) is 0 Å². The fourth-order valence-corrected chi connectivity index (χ4v) is 3.05. The first-order valence-corrected chi connectivity index (χ1v) is 10.0. The standard InChI is InChI=1S/C25H21N5O2/c1-18-9-11-19(12-10-18)25(32)28-27-23(31)14-13-21-17-30(22-7-3-2-4-8-22)29-24(21)20-6-5-15-26-16-20/h2-17H,1H3,(H,27,31)(H,28,32). The number of nitrogens with one attached hydrogen (secondary N) is 2. The number of rotatable bonds is 5. The second kappa shape index (κ2) is 9.53. The molecule has 4 aromatic rings. The minimum absolute atomic E-state index is 0.389. The zero-order valence-electron chi connectivity index (χ0n) is 17.4. The summed E-state index contributed by atoms with van der Waals surface area (Å²) in [6.07, 6.45) is 8.25. The number of carbonyl (C=O) groups is 2. The average molecular weight is 423 g/mol. The topological polar surface area (TPSA) is 88.9 Å². The molecule has 2 heterocycles. The van der Waals surface area contributed by atoms with E-state index in [-0.39, 0.29) is 5.91 Å². The second-order valence-corrected chi connectivity index (χ2v) is 7.10. The Hall–Kier alpha value is -4.52. The largest absolute Gasteiger partial charge is 0.269 e. The van der Waals surface area contributed by atoms with E-state index in [4.69, 9.17) is 0 Å². The van der Waals surface area contributed by atoms with Gasteiger partial charge in [-0.25, -0.2) is 4.68 Å². The number of carbonyl (C=O) groups excluding carboxylic acids is 2. The van der Waals surface area contributed by atoms with Crippen LogP contribution in [0.2, 0.25) is 0 Å². The Morgan fingerprint density at radius 3 is 2.44 bits per heavy atom. The molecule has 0 radical (unpaired) electrons. The Kier molecular flexibility index (Phi) is 6.17. The van der Waals surface area contributed by atoms with Crippen LogP contribution in [-0.4, -0.2) is 26.6 Å². The van der Waals surface area contributed by atoms with Gasteiger partial charge >= 0.3 is 0 Å². The molecule has 0 aliphatic carbocycles. The number of benzene rings is 2. The van der Waals surface area contributed by atoms with Crippen LogP contribution in [0, 0.1) is 6.92 Å². The highest BCUT2D eigenvalue weighted by Crippen LogP contribution is 2.24. The molecule has 0 fully saturated rings. The summed E-state index contributed by atoms with van der Waals surface area (Å²) in [5.74, 6) is -0.852. The van der Waals surface area contributed by atoms with Crippen LogP contribution >= 0.6 is 0 Å². The number of aryl methyl sites for hydroxylation is 1. The molecule has 32 heavy (non-hydrogen) atoms. The maximum Gasteiger partial charge on any atom is 0.269 e. The highest BCUT2D eigenvalue weighted by Gasteiger charge is 2.11. The first-order chi connectivity index (χ1) is 15.6. The molecule has 0 spiro atoms. The van der Waals surface area contributed by atoms with E-state index in [1.165, 1.54) is 6.08 Å². The predicted octanol–water partition coefficient (Wildman–Crippen LogP) is 3.72. The normalized spacial score (nSPS) is 10.8. The van der Waals surface area contributed by atoms with Crippen molar-refractivity contribution in [2.75, 3.05) is 0 Å². The zero-order chi connectivity index (χ0) is 22.3. The van der Waals surface area contributed by atoms with Gasteiger partial charge in [0.25, 0.3) is 11.8 Å². The summed E-state index contributed by atoms with van der Waals surface area (Å²) in [5.41, 5.74) is 9.47. The van der Waals surface area contributed by atoms with Crippen molar-refractivity contribution in [1.29, 1.82) is 0 Å². The van der Waals surface area contributed by atoms with Gasteiger partial charge in [-0.2, -0.15) is 5.10 Å². The van der Waals surface area contributed by atoms with E-state index in [0.29, 0.717) is 11.3 Å². The summed E-state index contributed by atoms with van der Waals surface area (Å²) in [5, 5.41) is 4.67. The first-order valence-electron chi connectivity index (χ1n) is 10.0. The van der Waals surface area contributed by atoms with Crippen LogP contribution in [0.1, 0.15) is 21.5 Å². The molecule has 158 valence electrons. The molecule has 0 bridgehead atoms. The van der Waals surface area contributed by atoms with Crippen molar-refractivity contribution < 1.29 is 9.59 Å².